The maximum absolute atomic E-state index is 13.1. The lowest BCUT2D eigenvalue weighted by Gasteiger charge is -2.41. The Labute approximate surface area is 207 Å². The van der Waals surface area contributed by atoms with Crippen molar-refractivity contribution in [3.8, 4) is 11.7 Å². The van der Waals surface area contributed by atoms with E-state index in [1.54, 1.807) is 77.0 Å². The summed E-state index contributed by atoms with van der Waals surface area (Å²) in [4.78, 5) is 42.5. The zero-order valence-corrected chi connectivity index (χ0v) is 19.4. The van der Waals surface area contributed by atoms with Gasteiger partial charge < -0.3 is 24.3 Å². The number of nitrogens with zero attached hydrogens (tertiary/aromatic N) is 6. The fourth-order valence-corrected chi connectivity index (χ4v) is 4.03. The number of anilines is 1. The summed E-state index contributed by atoms with van der Waals surface area (Å²) in [5.41, 5.74) is 0. The first-order valence-electron chi connectivity index (χ1n) is 11.5. The normalized spacial score (nSPS) is 15.5. The Morgan fingerprint density at radius 3 is 2.75 bits per heavy atom. The average molecular weight is 488 g/mol. The van der Waals surface area contributed by atoms with Gasteiger partial charge in [-0.05, 0) is 30.3 Å². The molecule has 0 aliphatic carbocycles. The van der Waals surface area contributed by atoms with Gasteiger partial charge in [-0.3, -0.25) is 9.36 Å². The maximum atomic E-state index is 13.1. The van der Waals surface area contributed by atoms with Crippen molar-refractivity contribution in [2.75, 3.05) is 24.5 Å². The van der Waals surface area contributed by atoms with E-state index in [9.17, 15) is 9.59 Å². The molecule has 1 fully saturated rings. The van der Waals surface area contributed by atoms with E-state index in [0.717, 1.165) is 0 Å². The van der Waals surface area contributed by atoms with Gasteiger partial charge in [-0.2, -0.15) is 4.98 Å². The SMILES string of the molecule is O=C(CC1CN(c2ccnc(-n3ccnc3)n2)CCN1C(=O)Oc1ccccc1)NCc1ccco1. The molecule has 0 bridgehead atoms. The molecule has 4 aromatic rings. The number of ether oxygens (including phenoxy) is 1. The number of carbonyl (C=O) groups excluding carboxylic acids is 2. The predicted molar refractivity (Wildman–Crippen MR) is 129 cm³/mol. The third-order valence-electron chi connectivity index (χ3n) is 5.81. The van der Waals surface area contributed by atoms with Crippen molar-refractivity contribution in [2.24, 2.45) is 0 Å². The van der Waals surface area contributed by atoms with Crippen LogP contribution in [0, 0.1) is 0 Å². The zero-order valence-electron chi connectivity index (χ0n) is 19.4. The van der Waals surface area contributed by atoms with Gasteiger partial charge in [0.2, 0.25) is 11.9 Å². The first-order valence-corrected chi connectivity index (χ1v) is 11.5. The van der Waals surface area contributed by atoms with Crippen LogP contribution in [0.5, 0.6) is 5.75 Å². The van der Waals surface area contributed by atoms with Crippen LogP contribution < -0.4 is 15.0 Å². The minimum atomic E-state index is -0.494. The van der Waals surface area contributed by atoms with Gasteiger partial charge >= 0.3 is 6.09 Å². The number of aromatic nitrogens is 4. The van der Waals surface area contributed by atoms with Crippen molar-refractivity contribution in [2.45, 2.75) is 19.0 Å². The van der Waals surface area contributed by atoms with Crippen molar-refractivity contribution in [1.29, 1.82) is 0 Å². The van der Waals surface area contributed by atoms with E-state index < -0.39 is 12.1 Å². The number of imidazole rings is 1. The fraction of sp³-hybridized carbons (Fsp3) is 0.240. The van der Waals surface area contributed by atoms with Crippen LogP contribution in [0.2, 0.25) is 0 Å². The highest BCUT2D eigenvalue weighted by Crippen LogP contribution is 2.21. The molecule has 1 N–H and O–H groups in total. The summed E-state index contributed by atoms with van der Waals surface area (Å²) in [6, 6.07) is 13.8. The summed E-state index contributed by atoms with van der Waals surface area (Å²) in [5.74, 6) is 2.10. The third kappa shape index (κ3) is 5.52. The van der Waals surface area contributed by atoms with Crippen LogP contribution in [0.15, 0.2) is 84.1 Å². The van der Waals surface area contributed by atoms with E-state index >= 15 is 0 Å². The molecule has 1 aromatic carbocycles. The minimum Gasteiger partial charge on any atom is -0.467 e. The molecule has 1 aliphatic rings. The standard InChI is InChI=1S/C25H25N7O4/c33-23(28-16-21-7-4-14-35-21)15-19-17-30(22-8-9-27-24(29-22)31-11-10-26-18-31)12-13-32(19)25(34)36-20-5-2-1-3-6-20/h1-11,14,18-19H,12-13,15-17H2,(H,28,33). The maximum Gasteiger partial charge on any atom is 0.415 e. The first kappa shape index (κ1) is 23.1. The zero-order chi connectivity index (χ0) is 24.7. The molecular weight excluding hydrogens is 462 g/mol. The van der Waals surface area contributed by atoms with Gasteiger partial charge in [-0.25, -0.2) is 14.8 Å². The van der Waals surface area contributed by atoms with Gasteiger partial charge in [0, 0.05) is 44.6 Å². The predicted octanol–water partition coefficient (Wildman–Crippen LogP) is 2.65. The second-order valence-electron chi connectivity index (χ2n) is 8.22. The van der Waals surface area contributed by atoms with Crippen molar-refractivity contribution >= 4 is 17.8 Å². The Balaban J connectivity index is 1.31. The van der Waals surface area contributed by atoms with E-state index in [1.807, 2.05) is 17.0 Å². The second-order valence-corrected chi connectivity index (χ2v) is 8.22. The Kier molecular flexibility index (Phi) is 6.88. The van der Waals surface area contributed by atoms with Crippen molar-refractivity contribution in [3.63, 3.8) is 0 Å². The van der Waals surface area contributed by atoms with Crippen LogP contribution in [0.4, 0.5) is 10.6 Å². The molecule has 2 amide bonds. The molecule has 0 saturated carbocycles. The van der Waals surface area contributed by atoms with Crippen molar-refractivity contribution in [3.05, 3.63) is 85.5 Å². The van der Waals surface area contributed by atoms with Crippen LogP contribution in [-0.4, -0.2) is 62.1 Å². The second kappa shape index (κ2) is 10.7. The number of amides is 2. The Bertz CT molecular complexity index is 1280. The first-order chi connectivity index (χ1) is 17.7. The quantitative estimate of drug-likeness (QED) is 0.423. The van der Waals surface area contributed by atoms with Crippen LogP contribution in [0.1, 0.15) is 12.2 Å². The molecule has 3 aromatic heterocycles. The number of para-hydroxylation sites is 1. The van der Waals surface area contributed by atoms with Gasteiger partial charge in [0.1, 0.15) is 23.7 Å². The van der Waals surface area contributed by atoms with E-state index in [0.29, 0.717) is 42.9 Å². The molecule has 36 heavy (non-hydrogen) atoms. The lowest BCUT2D eigenvalue weighted by Crippen LogP contribution is -2.57. The number of hydrogen-bond donors (Lipinski definition) is 1. The summed E-state index contributed by atoms with van der Waals surface area (Å²) < 4.78 is 12.6. The molecule has 5 rings (SSSR count). The highest BCUT2D eigenvalue weighted by atomic mass is 16.6. The molecule has 0 radical (unpaired) electrons. The van der Waals surface area contributed by atoms with Gasteiger partial charge in [0.25, 0.3) is 0 Å². The smallest absolute Gasteiger partial charge is 0.415 e. The van der Waals surface area contributed by atoms with Crippen molar-refractivity contribution < 1.29 is 18.7 Å². The van der Waals surface area contributed by atoms with E-state index in [2.05, 4.69) is 20.3 Å². The van der Waals surface area contributed by atoms with Gasteiger partial charge in [0.15, 0.2) is 0 Å². The van der Waals surface area contributed by atoms with Gasteiger partial charge in [-0.1, -0.05) is 18.2 Å². The lowest BCUT2D eigenvalue weighted by molar-refractivity contribution is -0.122. The fourth-order valence-electron chi connectivity index (χ4n) is 4.03. The largest absolute Gasteiger partial charge is 0.467 e. The van der Waals surface area contributed by atoms with E-state index in [1.165, 1.54) is 0 Å². The van der Waals surface area contributed by atoms with Gasteiger partial charge in [0.05, 0.1) is 18.8 Å². The topological polar surface area (TPSA) is 119 Å². The molecule has 11 heteroatoms. The molecule has 1 unspecified atom stereocenters. The molecule has 1 aliphatic heterocycles. The molecule has 184 valence electrons. The molecule has 1 saturated heterocycles. The molecule has 0 spiro atoms. The molecule has 11 nitrogen and oxygen atoms in total. The van der Waals surface area contributed by atoms with E-state index in [4.69, 9.17) is 9.15 Å². The third-order valence-corrected chi connectivity index (χ3v) is 5.81. The minimum absolute atomic E-state index is 0.0978. The molecular formula is C25H25N7O4. The number of rotatable bonds is 7. The van der Waals surface area contributed by atoms with Crippen molar-refractivity contribution in [1.82, 2.24) is 29.7 Å². The number of benzene rings is 1. The summed E-state index contributed by atoms with van der Waals surface area (Å²) in [6.45, 7) is 1.57. The molecule has 4 heterocycles. The number of furan rings is 1. The summed E-state index contributed by atoms with van der Waals surface area (Å²) in [5, 5.41) is 2.86. The monoisotopic (exact) mass is 487 g/mol. The summed E-state index contributed by atoms with van der Waals surface area (Å²) in [6.07, 6.45) is 7.89. The summed E-state index contributed by atoms with van der Waals surface area (Å²) in [7, 11) is 0. The Morgan fingerprint density at radius 2 is 1.97 bits per heavy atom. The lowest BCUT2D eigenvalue weighted by atomic mass is 10.1. The molecule has 1 atom stereocenters. The number of nitrogens with one attached hydrogen (secondary N) is 1. The van der Waals surface area contributed by atoms with E-state index in [-0.39, 0.29) is 18.9 Å². The van der Waals surface area contributed by atoms with Crippen LogP contribution >= 0.6 is 0 Å². The Hall–Kier alpha value is -4.67. The number of piperazine rings is 1. The number of carbonyl (C=O) groups is 2. The van der Waals surface area contributed by atoms with Crippen LogP contribution in [-0.2, 0) is 11.3 Å². The van der Waals surface area contributed by atoms with Gasteiger partial charge in [-0.15, -0.1) is 0 Å². The highest BCUT2D eigenvalue weighted by molar-refractivity contribution is 5.78. The summed E-state index contributed by atoms with van der Waals surface area (Å²) >= 11 is 0. The van der Waals surface area contributed by atoms with Crippen LogP contribution in [0.25, 0.3) is 5.95 Å². The average Bonchev–Trinajstić information content (AvgIpc) is 3.63. The highest BCUT2D eigenvalue weighted by Gasteiger charge is 2.34. The number of hydrogen-bond acceptors (Lipinski definition) is 8. The van der Waals surface area contributed by atoms with Crippen LogP contribution in [0.3, 0.4) is 0 Å². The Morgan fingerprint density at radius 1 is 1.08 bits per heavy atom.